The summed E-state index contributed by atoms with van der Waals surface area (Å²) in [5.74, 6) is 0.862. The van der Waals surface area contributed by atoms with Gasteiger partial charge in [0.2, 0.25) is 0 Å². The lowest BCUT2D eigenvalue weighted by Crippen LogP contribution is -2.46. The highest BCUT2D eigenvalue weighted by atomic mass is 32.1. The molecule has 2 aliphatic rings. The van der Waals surface area contributed by atoms with Crippen LogP contribution >= 0.6 is 11.3 Å². The van der Waals surface area contributed by atoms with Crippen molar-refractivity contribution in [3.63, 3.8) is 0 Å². The number of piperidine rings is 1. The van der Waals surface area contributed by atoms with Crippen LogP contribution in [0.4, 0.5) is 0 Å². The minimum Gasteiger partial charge on any atom is -0.497 e. The number of likely N-dealkylation sites (tertiary alicyclic amines) is 1. The molecule has 1 atom stereocenters. The van der Waals surface area contributed by atoms with Crippen LogP contribution in [-0.4, -0.2) is 49.1 Å². The Morgan fingerprint density at radius 1 is 1.28 bits per heavy atom. The molecule has 1 aromatic heterocycles. The van der Waals surface area contributed by atoms with Gasteiger partial charge < -0.3 is 14.2 Å². The van der Waals surface area contributed by atoms with Crippen molar-refractivity contribution in [2.45, 2.75) is 38.1 Å². The Balaban J connectivity index is 1.47. The molecule has 2 fully saturated rings. The molecule has 1 unspecified atom stereocenters. The second-order valence-electron chi connectivity index (χ2n) is 6.52. The number of hydrogen-bond donors (Lipinski definition) is 0. The van der Waals surface area contributed by atoms with Gasteiger partial charge in [-0.3, -0.25) is 4.90 Å². The van der Waals surface area contributed by atoms with Crippen molar-refractivity contribution in [3.8, 4) is 16.3 Å². The van der Waals surface area contributed by atoms with Crippen LogP contribution in [0.1, 0.15) is 25.0 Å². The monoisotopic (exact) mass is 360 g/mol. The molecule has 134 valence electrons. The molecule has 2 aromatic rings. The standard InChI is InChI=1S/C19H24N2O3S/c1-22-16-6-4-5-14(11-16)18-20-15(13-25-18)12-21-8-3-2-7-17(21)19-23-9-10-24-19/h4-6,11,13,17,19H,2-3,7-10,12H2,1H3. The lowest BCUT2D eigenvalue weighted by atomic mass is 10.0. The minimum atomic E-state index is -0.0724. The Morgan fingerprint density at radius 2 is 2.16 bits per heavy atom. The number of aromatic nitrogens is 1. The first-order chi connectivity index (χ1) is 12.3. The van der Waals surface area contributed by atoms with Gasteiger partial charge in [0.15, 0.2) is 6.29 Å². The van der Waals surface area contributed by atoms with Gasteiger partial charge in [-0.25, -0.2) is 4.98 Å². The van der Waals surface area contributed by atoms with E-state index in [0.29, 0.717) is 19.3 Å². The van der Waals surface area contributed by atoms with Crippen molar-refractivity contribution in [1.82, 2.24) is 9.88 Å². The molecular weight excluding hydrogens is 336 g/mol. The molecule has 6 heteroatoms. The SMILES string of the molecule is COc1cccc(-c2nc(CN3CCCCC3C3OCCO3)cs2)c1. The molecule has 0 amide bonds. The van der Waals surface area contributed by atoms with Crippen molar-refractivity contribution < 1.29 is 14.2 Å². The summed E-state index contributed by atoms with van der Waals surface area (Å²) in [6.45, 7) is 3.37. The van der Waals surface area contributed by atoms with Gasteiger partial charge in [-0.05, 0) is 31.5 Å². The summed E-state index contributed by atoms with van der Waals surface area (Å²) in [5, 5.41) is 3.20. The van der Waals surface area contributed by atoms with E-state index in [1.165, 1.54) is 12.8 Å². The fourth-order valence-corrected chi connectivity index (χ4v) is 4.40. The fraction of sp³-hybridized carbons (Fsp3) is 0.526. The third-order valence-electron chi connectivity index (χ3n) is 4.86. The molecule has 0 N–H and O–H groups in total. The van der Waals surface area contributed by atoms with Crippen LogP contribution < -0.4 is 4.74 Å². The van der Waals surface area contributed by atoms with Crippen LogP contribution in [0.5, 0.6) is 5.75 Å². The van der Waals surface area contributed by atoms with Crippen LogP contribution in [0.2, 0.25) is 0 Å². The Bertz CT molecular complexity index is 699. The van der Waals surface area contributed by atoms with Gasteiger partial charge in [0.25, 0.3) is 0 Å². The van der Waals surface area contributed by atoms with Gasteiger partial charge in [0, 0.05) is 17.5 Å². The predicted molar refractivity (Wildman–Crippen MR) is 97.8 cm³/mol. The number of nitrogens with zero attached hydrogens (tertiary/aromatic N) is 2. The van der Waals surface area contributed by atoms with E-state index in [4.69, 9.17) is 19.2 Å². The second-order valence-corrected chi connectivity index (χ2v) is 7.38. The van der Waals surface area contributed by atoms with E-state index in [1.807, 2.05) is 18.2 Å². The summed E-state index contributed by atoms with van der Waals surface area (Å²) in [6, 6.07) is 8.42. The number of thiazole rings is 1. The second kappa shape index (κ2) is 7.83. The normalized spacial score (nSPS) is 22.4. The van der Waals surface area contributed by atoms with Gasteiger partial charge in [-0.2, -0.15) is 0 Å². The van der Waals surface area contributed by atoms with Crippen LogP contribution in [-0.2, 0) is 16.0 Å². The van der Waals surface area contributed by atoms with Crippen molar-refractivity contribution in [2.75, 3.05) is 26.9 Å². The number of ether oxygens (including phenoxy) is 3. The van der Waals surface area contributed by atoms with Crippen LogP contribution in [0, 0.1) is 0 Å². The molecule has 3 heterocycles. The quantitative estimate of drug-likeness (QED) is 0.816. The van der Waals surface area contributed by atoms with Crippen molar-refractivity contribution in [3.05, 3.63) is 35.3 Å². The van der Waals surface area contributed by atoms with Gasteiger partial charge in [-0.1, -0.05) is 18.6 Å². The van der Waals surface area contributed by atoms with Gasteiger partial charge in [0.1, 0.15) is 10.8 Å². The largest absolute Gasteiger partial charge is 0.497 e. The number of methoxy groups -OCH3 is 1. The number of rotatable bonds is 5. The first kappa shape index (κ1) is 17.0. The maximum Gasteiger partial charge on any atom is 0.173 e. The molecule has 2 saturated heterocycles. The zero-order valence-corrected chi connectivity index (χ0v) is 15.3. The topological polar surface area (TPSA) is 43.8 Å². The van der Waals surface area contributed by atoms with Crippen molar-refractivity contribution in [1.29, 1.82) is 0 Å². The summed E-state index contributed by atoms with van der Waals surface area (Å²) < 4.78 is 16.8. The lowest BCUT2D eigenvalue weighted by Gasteiger charge is -2.37. The fourth-order valence-electron chi connectivity index (χ4n) is 3.60. The third-order valence-corrected chi connectivity index (χ3v) is 5.80. The zero-order valence-electron chi connectivity index (χ0n) is 14.5. The molecule has 0 radical (unpaired) electrons. The first-order valence-corrected chi connectivity index (χ1v) is 9.77. The summed E-state index contributed by atoms with van der Waals surface area (Å²) in [4.78, 5) is 7.33. The predicted octanol–water partition coefficient (Wildman–Crippen LogP) is 3.55. The Hall–Kier alpha value is -1.47. The molecule has 0 spiro atoms. The van der Waals surface area contributed by atoms with Crippen molar-refractivity contribution in [2.24, 2.45) is 0 Å². The zero-order chi connectivity index (χ0) is 17.1. The van der Waals surface area contributed by atoms with E-state index in [-0.39, 0.29) is 6.29 Å². The average Bonchev–Trinajstić information content (AvgIpc) is 3.34. The molecule has 2 aliphatic heterocycles. The first-order valence-electron chi connectivity index (χ1n) is 8.89. The summed E-state index contributed by atoms with van der Waals surface area (Å²) in [6.07, 6.45) is 3.54. The van der Waals surface area contributed by atoms with Crippen LogP contribution in [0.25, 0.3) is 10.6 Å². The smallest absolute Gasteiger partial charge is 0.173 e. The molecule has 5 nitrogen and oxygen atoms in total. The maximum absolute atomic E-state index is 5.76. The maximum atomic E-state index is 5.76. The highest BCUT2D eigenvalue weighted by Gasteiger charge is 2.33. The molecule has 4 rings (SSSR count). The number of hydrogen-bond acceptors (Lipinski definition) is 6. The Kier molecular flexibility index (Phi) is 5.31. The minimum absolute atomic E-state index is 0.0724. The van der Waals surface area contributed by atoms with E-state index in [2.05, 4.69) is 16.3 Å². The highest BCUT2D eigenvalue weighted by molar-refractivity contribution is 7.13. The van der Waals surface area contributed by atoms with Crippen LogP contribution in [0.15, 0.2) is 29.6 Å². The summed E-state index contributed by atoms with van der Waals surface area (Å²) >= 11 is 1.69. The van der Waals surface area contributed by atoms with E-state index in [9.17, 15) is 0 Å². The molecular formula is C19H24N2O3S. The van der Waals surface area contributed by atoms with Gasteiger partial charge in [-0.15, -0.1) is 11.3 Å². The molecule has 0 bridgehead atoms. The van der Waals surface area contributed by atoms with Gasteiger partial charge >= 0.3 is 0 Å². The van der Waals surface area contributed by atoms with Crippen LogP contribution in [0.3, 0.4) is 0 Å². The number of benzene rings is 1. The summed E-state index contributed by atoms with van der Waals surface area (Å²) in [5.41, 5.74) is 2.22. The van der Waals surface area contributed by atoms with Gasteiger partial charge in [0.05, 0.1) is 32.1 Å². The Morgan fingerprint density at radius 3 is 3.00 bits per heavy atom. The molecule has 0 aliphatic carbocycles. The molecule has 25 heavy (non-hydrogen) atoms. The average molecular weight is 360 g/mol. The molecule has 1 aromatic carbocycles. The Labute approximate surface area is 152 Å². The lowest BCUT2D eigenvalue weighted by molar-refractivity contribution is -0.111. The third kappa shape index (κ3) is 3.87. The van der Waals surface area contributed by atoms with E-state index >= 15 is 0 Å². The molecule has 0 saturated carbocycles. The van der Waals surface area contributed by atoms with E-state index in [1.54, 1.807) is 18.4 Å². The van der Waals surface area contributed by atoms with E-state index in [0.717, 1.165) is 41.5 Å². The van der Waals surface area contributed by atoms with E-state index < -0.39 is 0 Å². The highest BCUT2D eigenvalue weighted by Crippen LogP contribution is 2.29. The summed E-state index contributed by atoms with van der Waals surface area (Å²) in [7, 11) is 1.69. The van der Waals surface area contributed by atoms with Crippen molar-refractivity contribution >= 4 is 11.3 Å².